The first-order valence-electron chi connectivity index (χ1n) is 9.86. The number of H-pyrrole nitrogens is 1. The summed E-state index contributed by atoms with van der Waals surface area (Å²) in [7, 11) is 0. The summed E-state index contributed by atoms with van der Waals surface area (Å²) in [5.74, 6) is 0. The molecule has 28 heavy (non-hydrogen) atoms. The normalized spacial score (nSPS) is 11.9. The number of hydrogen-bond donors (Lipinski definition) is 1. The highest BCUT2D eigenvalue weighted by atomic mass is 15.0. The molecular weight excluding hydrogens is 340 g/mol. The van der Waals surface area contributed by atoms with E-state index in [0.29, 0.717) is 0 Å². The monoisotopic (exact) mass is 360 g/mol. The quantitative estimate of drug-likeness (QED) is 0.339. The summed E-state index contributed by atoms with van der Waals surface area (Å²) >= 11 is 0. The first-order chi connectivity index (χ1) is 13.8. The molecule has 6 rings (SSSR count). The van der Waals surface area contributed by atoms with Crippen LogP contribution in [0.2, 0.25) is 0 Å². The third kappa shape index (κ3) is 2.03. The van der Waals surface area contributed by atoms with E-state index in [0.717, 1.165) is 6.54 Å². The Balaban J connectivity index is 1.69. The van der Waals surface area contributed by atoms with Crippen molar-refractivity contribution in [2.75, 3.05) is 0 Å². The van der Waals surface area contributed by atoms with Gasteiger partial charge < -0.3 is 9.55 Å². The third-order valence-electron chi connectivity index (χ3n) is 5.93. The SMILES string of the molecule is CCn1c2ccccc2c2c(-c3ccc4c(c3)[nH]c3ccccc34)cccc21. The van der Waals surface area contributed by atoms with Crippen LogP contribution in [0.15, 0.2) is 84.9 Å². The van der Waals surface area contributed by atoms with Crippen LogP contribution in [-0.4, -0.2) is 9.55 Å². The Morgan fingerprint density at radius 2 is 1.43 bits per heavy atom. The highest BCUT2D eigenvalue weighted by Crippen LogP contribution is 2.38. The lowest BCUT2D eigenvalue weighted by Gasteiger charge is -2.07. The summed E-state index contributed by atoms with van der Waals surface area (Å²) in [6.45, 7) is 3.18. The second-order valence-electron chi connectivity index (χ2n) is 7.39. The van der Waals surface area contributed by atoms with Gasteiger partial charge in [0.25, 0.3) is 0 Å². The predicted octanol–water partition coefficient (Wildman–Crippen LogP) is 7.12. The van der Waals surface area contributed by atoms with E-state index < -0.39 is 0 Å². The number of fused-ring (bicyclic) bond motifs is 6. The molecule has 0 amide bonds. The number of aromatic nitrogens is 2. The average molecular weight is 360 g/mol. The molecule has 1 N–H and O–H groups in total. The highest BCUT2D eigenvalue weighted by Gasteiger charge is 2.14. The maximum Gasteiger partial charge on any atom is 0.0497 e. The van der Waals surface area contributed by atoms with Crippen molar-refractivity contribution in [3.8, 4) is 11.1 Å². The lowest BCUT2D eigenvalue weighted by Crippen LogP contribution is -1.92. The number of nitrogens with zero attached hydrogens (tertiary/aromatic N) is 1. The number of hydrogen-bond acceptors (Lipinski definition) is 0. The summed E-state index contributed by atoms with van der Waals surface area (Å²) < 4.78 is 2.41. The van der Waals surface area contributed by atoms with Crippen molar-refractivity contribution >= 4 is 43.6 Å². The molecule has 0 aliphatic carbocycles. The van der Waals surface area contributed by atoms with Gasteiger partial charge in [0.2, 0.25) is 0 Å². The van der Waals surface area contributed by atoms with E-state index in [-0.39, 0.29) is 0 Å². The molecule has 0 aliphatic heterocycles. The first kappa shape index (κ1) is 15.5. The molecule has 2 aromatic heterocycles. The van der Waals surface area contributed by atoms with Crippen LogP contribution in [0.1, 0.15) is 6.92 Å². The minimum absolute atomic E-state index is 0.967. The van der Waals surface area contributed by atoms with Crippen LogP contribution in [0.25, 0.3) is 54.7 Å². The lowest BCUT2D eigenvalue weighted by atomic mass is 9.98. The van der Waals surface area contributed by atoms with Gasteiger partial charge in [-0.2, -0.15) is 0 Å². The Kier molecular flexibility index (Phi) is 3.18. The van der Waals surface area contributed by atoms with Gasteiger partial charge in [0, 0.05) is 50.2 Å². The minimum atomic E-state index is 0.967. The van der Waals surface area contributed by atoms with Crippen molar-refractivity contribution in [1.82, 2.24) is 9.55 Å². The average Bonchev–Trinajstić information content (AvgIpc) is 3.28. The fraction of sp³-hybridized carbons (Fsp3) is 0.0769. The topological polar surface area (TPSA) is 20.7 Å². The molecule has 4 aromatic carbocycles. The molecule has 0 fully saturated rings. The zero-order valence-electron chi connectivity index (χ0n) is 15.7. The molecule has 6 aromatic rings. The zero-order valence-corrected chi connectivity index (χ0v) is 15.7. The van der Waals surface area contributed by atoms with Crippen LogP contribution in [-0.2, 0) is 6.54 Å². The summed E-state index contributed by atoms with van der Waals surface area (Å²) in [4.78, 5) is 3.58. The molecular formula is C26H20N2. The molecule has 0 spiro atoms. The van der Waals surface area contributed by atoms with Gasteiger partial charge in [-0.3, -0.25) is 0 Å². The number of aromatic amines is 1. The molecule has 2 heterocycles. The van der Waals surface area contributed by atoms with E-state index in [2.05, 4.69) is 101 Å². The standard InChI is InChI=1S/C26H20N2/c1-2-28-24-12-6-4-9-21(24)26-18(10-7-13-25(26)28)17-14-15-20-19-8-3-5-11-22(19)27-23(20)16-17/h3-16,27H,2H2,1H3. The Bertz CT molecular complexity index is 1500. The fourth-order valence-corrected chi connectivity index (χ4v) is 4.70. The first-order valence-corrected chi connectivity index (χ1v) is 9.86. The number of para-hydroxylation sites is 2. The third-order valence-corrected chi connectivity index (χ3v) is 5.93. The van der Waals surface area contributed by atoms with Crippen molar-refractivity contribution in [1.29, 1.82) is 0 Å². The molecule has 2 nitrogen and oxygen atoms in total. The van der Waals surface area contributed by atoms with Gasteiger partial charge in [0.1, 0.15) is 0 Å². The lowest BCUT2D eigenvalue weighted by molar-refractivity contribution is 0.827. The summed E-state index contributed by atoms with van der Waals surface area (Å²) in [5.41, 5.74) is 7.53. The van der Waals surface area contributed by atoms with E-state index in [4.69, 9.17) is 0 Å². The van der Waals surface area contributed by atoms with Crippen LogP contribution < -0.4 is 0 Å². The minimum Gasteiger partial charge on any atom is -0.354 e. The molecule has 0 radical (unpaired) electrons. The summed E-state index contributed by atoms with van der Waals surface area (Å²) in [5, 5.41) is 5.23. The number of aryl methyl sites for hydroxylation is 1. The molecule has 0 atom stereocenters. The van der Waals surface area contributed by atoms with Crippen LogP contribution >= 0.6 is 0 Å². The van der Waals surface area contributed by atoms with Gasteiger partial charge >= 0.3 is 0 Å². The van der Waals surface area contributed by atoms with E-state index >= 15 is 0 Å². The van der Waals surface area contributed by atoms with Crippen LogP contribution in [0.3, 0.4) is 0 Å². The second kappa shape index (κ2) is 5.74. The zero-order chi connectivity index (χ0) is 18.7. The van der Waals surface area contributed by atoms with Crippen molar-refractivity contribution in [2.45, 2.75) is 13.5 Å². The Hall–Kier alpha value is -3.52. The van der Waals surface area contributed by atoms with Crippen molar-refractivity contribution in [3.05, 3.63) is 84.9 Å². The number of rotatable bonds is 2. The maximum absolute atomic E-state index is 3.58. The van der Waals surface area contributed by atoms with E-state index in [1.54, 1.807) is 0 Å². The Labute approximate surface area is 163 Å². The van der Waals surface area contributed by atoms with Gasteiger partial charge in [-0.1, -0.05) is 60.7 Å². The van der Waals surface area contributed by atoms with Crippen LogP contribution in [0, 0.1) is 0 Å². The highest BCUT2D eigenvalue weighted by molar-refractivity contribution is 6.16. The van der Waals surface area contributed by atoms with E-state index in [1.807, 2.05) is 0 Å². The molecule has 0 aliphatic rings. The smallest absolute Gasteiger partial charge is 0.0497 e. The van der Waals surface area contributed by atoms with Crippen molar-refractivity contribution in [2.24, 2.45) is 0 Å². The number of nitrogens with one attached hydrogen (secondary N) is 1. The van der Waals surface area contributed by atoms with E-state index in [9.17, 15) is 0 Å². The van der Waals surface area contributed by atoms with Gasteiger partial charge in [-0.05, 0) is 42.3 Å². The van der Waals surface area contributed by atoms with Gasteiger partial charge in [0.15, 0.2) is 0 Å². The Morgan fingerprint density at radius 1 is 0.679 bits per heavy atom. The molecule has 0 bridgehead atoms. The van der Waals surface area contributed by atoms with Crippen LogP contribution in [0.5, 0.6) is 0 Å². The molecule has 0 unspecified atom stereocenters. The van der Waals surface area contributed by atoms with Gasteiger partial charge in [0.05, 0.1) is 0 Å². The largest absolute Gasteiger partial charge is 0.354 e. The fourth-order valence-electron chi connectivity index (χ4n) is 4.70. The Morgan fingerprint density at radius 3 is 2.32 bits per heavy atom. The molecule has 0 saturated carbocycles. The van der Waals surface area contributed by atoms with Gasteiger partial charge in [-0.15, -0.1) is 0 Å². The van der Waals surface area contributed by atoms with Crippen molar-refractivity contribution in [3.63, 3.8) is 0 Å². The summed E-state index contributed by atoms with van der Waals surface area (Å²) in [6.07, 6.45) is 0. The summed E-state index contributed by atoms with van der Waals surface area (Å²) in [6, 6.07) is 30.7. The van der Waals surface area contributed by atoms with Crippen LogP contribution in [0.4, 0.5) is 0 Å². The van der Waals surface area contributed by atoms with E-state index in [1.165, 1.54) is 54.7 Å². The molecule has 2 heteroatoms. The molecule has 134 valence electrons. The van der Waals surface area contributed by atoms with Crippen molar-refractivity contribution < 1.29 is 0 Å². The number of benzene rings is 4. The second-order valence-corrected chi connectivity index (χ2v) is 7.39. The predicted molar refractivity (Wildman–Crippen MR) is 120 cm³/mol. The molecule has 0 saturated heterocycles. The van der Waals surface area contributed by atoms with Gasteiger partial charge in [-0.25, -0.2) is 0 Å². The maximum atomic E-state index is 3.58.